The lowest BCUT2D eigenvalue weighted by molar-refractivity contribution is -0.178. The molecule has 5 heteroatoms. The molecule has 1 atom stereocenters. The fourth-order valence-corrected chi connectivity index (χ4v) is 0.661. The molecule has 0 fully saturated rings. The molecule has 0 aliphatic heterocycles. The average Bonchev–Trinajstić information content (AvgIpc) is 2.01. The summed E-state index contributed by atoms with van der Waals surface area (Å²) in [6, 6.07) is 0. The SMILES string of the molecule is CC(C)C(=O)O[C@H](OC(N)=O)C(C)C. The zero-order chi connectivity index (χ0) is 11.3. The Morgan fingerprint density at radius 3 is 1.86 bits per heavy atom. The molecule has 0 radical (unpaired) electrons. The molecule has 0 spiro atoms. The first kappa shape index (κ1) is 12.7. The van der Waals surface area contributed by atoms with Gasteiger partial charge in [0.2, 0.25) is 0 Å². The van der Waals surface area contributed by atoms with Gasteiger partial charge in [-0.2, -0.15) is 0 Å². The van der Waals surface area contributed by atoms with E-state index >= 15 is 0 Å². The molecule has 0 saturated heterocycles. The molecule has 0 rings (SSSR count). The highest BCUT2D eigenvalue weighted by molar-refractivity contribution is 5.72. The van der Waals surface area contributed by atoms with Gasteiger partial charge in [0.05, 0.1) is 5.92 Å². The van der Waals surface area contributed by atoms with E-state index in [4.69, 9.17) is 10.5 Å². The van der Waals surface area contributed by atoms with Gasteiger partial charge in [-0.25, -0.2) is 4.79 Å². The number of esters is 1. The quantitative estimate of drug-likeness (QED) is 0.551. The molecular formula is C9H17NO4. The van der Waals surface area contributed by atoms with Crippen molar-refractivity contribution in [2.75, 3.05) is 0 Å². The maximum Gasteiger partial charge on any atom is 0.407 e. The first-order chi connectivity index (χ1) is 6.34. The topological polar surface area (TPSA) is 78.6 Å². The Balaban J connectivity index is 4.23. The van der Waals surface area contributed by atoms with Gasteiger partial charge in [-0.05, 0) is 0 Å². The molecule has 82 valence electrons. The molecule has 0 aliphatic rings. The van der Waals surface area contributed by atoms with Crippen molar-refractivity contribution in [3.63, 3.8) is 0 Å². The maximum atomic E-state index is 11.2. The van der Waals surface area contributed by atoms with Crippen LogP contribution in [-0.4, -0.2) is 18.4 Å². The van der Waals surface area contributed by atoms with Crippen molar-refractivity contribution < 1.29 is 19.1 Å². The monoisotopic (exact) mass is 203 g/mol. The number of primary amides is 1. The van der Waals surface area contributed by atoms with Crippen LogP contribution in [0.25, 0.3) is 0 Å². The van der Waals surface area contributed by atoms with E-state index in [0.717, 1.165) is 0 Å². The molecule has 2 N–H and O–H groups in total. The minimum absolute atomic E-state index is 0.120. The maximum absolute atomic E-state index is 11.2. The van der Waals surface area contributed by atoms with Crippen LogP contribution in [-0.2, 0) is 14.3 Å². The molecule has 0 unspecified atom stereocenters. The highest BCUT2D eigenvalue weighted by Gasteiger charge is 2.22. The first-order valence-corrected chi connectivity index (χ1v) is 4.51. The number of carbonyl (C=O) groups is 2. The summed E-state index contributed by atoms with van der Waals surface area (Å²) in [5.41, 5.74) is 4.83. The van der Waals surface area contributed by atoms with Crippen LogP contribution >= 0.6 is 0 Å². The molecule has 1 amide bonds. The van der Waals surface area contributed by atoms with E-state index < -0.39 is 18.4 Å². The molecule has 0 aromatic carbocycles. The zero-order valence-corrected chi connectivity index (χ0v) is 8.94. The molecule has 0 aromatic heterocycles. The van der Waals surface area contributed by atoms with E-state index in [9.17, 15) is 9.59 Å². The van der Waals surface area contributed by atoms with Crippen molar-refractivity contribution in [1.82, 2.24) is 0 Å². The summed E-state index contributed by atoms with van der Waals surface area (Å²) in [6.45, 7) is 6.93. The number of rotatable bonds is 4. The molecule has 0 aromatic rings. The predicted octanol–water partition coefficient (Wildman–Crippen LogP) is 1.26. The minimum atomic E-state index is -0.944. The lowest BCUT2D eigenvalue weighted by Crippen LogP contribution is -2.32. The zero-order valence-electron chi connectivity index (χ0n) is 8.94. The number of ether oxygens (including phenoxy) is 2. The van der Waals surface area contributed by atoms with Gasteiger partial charge in [0.15, 0.2) is 0 Å². The second-order valence-corrected chi connectivity index (χ2v) is 3.64. The van der Waals surface area contributed by atoms with Crippen molar-refractivity contribution in [2.45, 2.75) is 34.0 Å². The standard InChI is InChI=1S/C9H17NO4/c1-5(2)7(11)13-8(6(3)4)14-9(10)12/h5-6,8H,1-4H3,(H2,10,12)/t8-/m1/s1. The summed E-state index contributed by atoms with van der Waals surface area (Å²) in [5, 5.41) is 0. The van der Waals surface area contributed by atoms with Crippen LogP contribution in [0.4, 0.5) is 4.79 Å². The lowest BCUT2D eigenvalue weighted by Gasteiger charge is -2.21. The molecule has 0 bridgehead atoms. The first-order valence-electron chi connectivity index (χ1n) is 4.51. The van der Waals surface area contributed by atoms with Crippen molar-refractivity contribution in [3.05, 3.63) is 0 Å². The molecular weight excluding hydrogens is 186 g/mol. The van der Waals surface area contributed by atoms with Crippen molar-refractivity contribution in [3.8, 4) is 0 Å². The van der Waals surface area contributed by atoms with Gasteiger partial charge in [0.25, 0.3) is 6.29 Å². The Morgan fingerprint density at radius 2 is 1.57 bits per heavy atom. The van der Waals surface area contributed by atoms with E-state index in [2.05, 4.69) is 4.74 Å². The largest absolute Gasteiger partial charge is 0.425 e. The van der Waals surface area contributed by atoms with Gasteiger partial charge < -0.3 is 15.2 Å². The van der Waals surface area contributed by atoms with Crippen LogP contribution in [0.3, 0.4) is 0 Å². The molecule has 0 saturated carbocycles. The summed E-state index contributed by atoms with van der Waals surface area (Å²) in [5.74, 6) is -0.789. The number of amides is 1. The number of carbonyl (C=O) groups excluding carboxylic acids is 2. The Hall–Kier alpha value is -1.26. The van der Waals surface area contributed by atoms with Crippen molar-refractivity contribution >= 4 is 12.1 Å². The van der Waals surface area contributed by atoms with Crippen LogP contribution in [0.5, 0.6) is 0 Å². The van der Waals surface area contributed by atoms with Gasteiger partial charge in [0.1, 0.15) is 0 Å². The van der Waals surface area contributed by atoms with E-state index in [1.807, 2.05) is 0 Å². The summed E-state index contributed by atoms with van der Waals surface area (Å²) < 4.78 is 9.55. The van der Waals surface area contributed by atoms with Crippen LogP contribution in [0.15, 0.2) is 0 Å². The Bertz CT molecular complexity index is 213. The number of hydrogen-bond donors (Lipinski definition) is 1. The third kappa shape index (κ3) is 4.69. The lowest BCUT2D eigenvalue weighted by atomic mass is 10.2. The van der Waals surface area contributed by atoms with Gasteiger partial charge in [-0.3, -0.25) is 4.79 Å². The van der Waals surface area contributed by atoms with E-state index in [1.165, 1.54) is 0 Å². The van der Waals surface area contributed by atoms with Gasteiger partial charge in [0, 0.05) is 5.92 Å². The minimum Gasteiger partial charge on any atom is -0.425 e. The fraction of sp³-hybridized carbons (Fsp3) is 0.778. The third-order valence-electron chi connectivity index (χ3n) is 1.48. The molecule has 5 nitrogen and oxygen atoms in total. The molecule has 0 heterocycles. The fourth-order valence-electron chi connectivity index (χ4n) is 0.661. The van der Waals surface area contributed by atoms with Gasteiger partial charge >= 0.3 is 12.1 Å². The Morgan fingerprint density at radius 1 is 1.07 bits per heavy atom. The summed E-state index contributed by atoms with van der Waals surface area (Å²) >= 11 is 0. The highest BCUT2D eigenvalue weighted by atomic mass is 16.7. The Kier molecular flexibility index (Phi) is 4.97. The number of hydrogen-bond acceptors (Lipinski definition) is 4. The van der Waals surface area contributed by atoms with Crippen LogP contribution in [0.2, 0.25) is 0 Å². The summed E-state index contributed by atoms with van der Waals surface area (Å²) in [4.78, 5) is 21.7. The average molecular weight is 203 g/mol. The normalized spacial score (nSPS) is 12.7. The van der Waals surface area contributed by atoms with E-state index in [-0.39, 0.29) is 11.8 Å². The van der Waals surface area contributed by atoms with Gasteiger partial charge in [-0.1, -0.05) is 27.7 Å². The van der Waals surface area contributed by atoms with Crippen molar-refractivity contribution in [1.29, 1.82) is 0 Å². The second-order valence-electron chi connectivity index (χ2n) is 3.64. The van der Waals surface area contributed by atoms with Crippen LogP contribution in [0.1, 0.15) is 27.7 Å². The Labute approximate surface area is 83.5 Å². The van der Waals surface area contributed by atoms with Crippen LogP contribution in [0, 0.1) is 11.8 Å². The smallest absolute Gasteiger partial charge is 0.407 e. The molecule has 14 heavy (non-hydrogen) atoms. The second kappa shape index (κ2) is 5.47. The van der Waals surface area contributed by atoms with Crippen LogP contribution < -0.4 is 5.73 Å². The summed E-state index contributed by atoms with van der Waals surface area (Å²) in [7, 11) is 0. The van der Waals surface area contributed by atoms with E-state index in [0.29, 0.717) is 0 Å². The third-order valence-corrected chi connectivity index (χ3v) is 1.48. The molecule has 0 aliphatic carbocycles. The summed E-state index contributed by atoms with van der Waals surface area (Å²) in [6.07, 6.45) is -1.84. The predicted molar refractivity (Wildman–Crippen MR) is 50.2 cm³/mol. The van der Waals surface area contributed by atoms with Gasteiger partial charge in [-0.15, -0.1) is 0 Å². The van der Waals surface area contributed by atoms with E-state index in [1.54, 1.807) is 27.7 Å². The highest BCUT2D eigenvalue weighted by Crippen LogP contribution is 2.10. The van der Waals surface area contributed by atoms with Crippen molar-refractivity contribution in [2.24, 2.45) is 17.6 Å². The number of nitrogens with two attached hydrogens (primary N) is 1.